The molecule has 2 rings (SSSR count). The molecule has 0 unspecified atom stereocenters. The summed E-state index contributed by atoms with van der Waals surface area (Å²) in [5.74, 6) is 1.91. The SMILES string of the molecule is CCCCOc1cc2c(cc1OCCCC)C(N)=NC2=N. The molecule has 0 amide bonds. The Morgan fingerprint density at radius 3 is 2.05 bits per heavy atom. The zero-order valence-corrected chi connectivity index (χ0v) is 12.7. The second-order valence-corrected chi connectivity index (χ2v) is 5.09. The Kier molecular flexibility index (Phi) is 5.20. The molecule has 21 heavy (non-hydrogen) atoms. The van der Waals surface area contributed by atoms with Gasteiger partial charge in [-0.3, -0.25) is 5.41 Å². The summed E-state index contributed by atoms with van der Waals surface area (Å²) < 4.78 is 11.6. The first kappa shape index (κ1) is 15.4. The molecule has 1 aliphatic rings. The van der Waals surface area contributed by atoms with E-state index >= 15 is 0 Å². The van der Waals surface area contributed by atoms with Crippen molar-refractivity contribution in [1.82, 2.24) is 0 Å². The average Bonchev–Trinajstić information content (AvgIpc) is 2.74. The molecular weight excluding hydrogens is 266 g/mol. The third-order valence-electron chi connectivity index (χ3n) is 3.36. The predicted molar refractivity (Wildman–Crippen MR) is 84.8 cm³/mol. The van der Waals surface area contributed by atoms with Crippen LogP contribution in [0.15, 0.2) is 17.1 Å². The monoisotopic (exact) mass is 289 g/mol. The molecule has 0 spiro atoms. The third-order valence-corrected chi connectivity index (χ3v) is 3.36. The van der Waals surface area contributed by atoms with Crippen LogP contribution >= 0.6 is 0 Å². The van der Waals surface area contributed by atoms with Crippen LogP contribution in [0, 0.1) is 5.41 Å². The van der Waals surface area contributed by atoms with Crippen LogP contribution in [-0.4, -0.2) is 24.9 Å². The summed E-state index contributed by atoms with van der Waals surface area (Å²) in [6, 6.07) is 3.66. The number of unbranched alkanes of at least 4 members (excludes halogenated alkanes) is 2. The van der Waals surface area contributed by atoms with Crippen molar-refractivity contribution in [2.24, 2.45) is 10.7 Å². The van der Waals surface area contributed by atoms with E-state index in [2.05, 4.69) is 18.8 Å². The highest BCUT2D eigenvalue weighted by Gasteiger charge is 2.22. The fourth-order valence-corrected chi connectivity index (χ4v) is 2.09. The molecule has 5 nitrogen and oxygen atoms in total. The highest BCUT2D eigenvalue weighted by Crippen LogP contribution is 2.33. The summed E-state index contributed by atoms with van der Waals surface area (Å²) in [5, 5.41) is 7.85. The lowest BCUT2D eigenvalue weighted by Crippen LogP contribution is -2.11. The van der Waals surface area contributed by atoms with Crippen molar-refractivity contribution in [3.63, 3.8) is 0 Å². The first-order chi connectivity index (χ1) is 10.2. The minimum Gasteiger partial charge on any atom is -0.490 e. The summed E-state index contributed by atoms with van der Waals surface area (Å²) in [6.45, 7) is 5.53. The van der Waals surface area contributed by atoms with Crippen LogP contribution in [0.25, 0.3) is 0 Å². The van der Waals surface area contributed by atoms with Crippen molar-refractivity contribution < 1.29 is 9.47 Å². The minimum absolute atomic E-state index is 0.183. The Bertz CT molecular complexity index is 553. The average molecular weight is 289 g/mol. The molecule has 1 aromatic carbocycles. The Labute approximate surface area is 125 Å². The van der Waals surface area contributed by atoms with Gasteiger partial charge in [0.25, 0.3) is 0 Å². The highest BCUT2D eigenvalue weighted by atomic mass is 16.5. The van der Waals surface area contributed by atoms with E-state index in [1.54, 1.807) is 0 Å². The summed E-state index contributed by atoms with van der Waals surface area (Å²) >= 11 is 0. The van der Waals surface area contributed by atoms with E-state index in [1.165, 1.54) is 0 Å². The van der Waals surface area contributed by atoms with Crippen molar-refractivity contribution in [3.8, 4) is 11.5 Å². The Morgan fingerprint density at radius 2 is 1.52 bits per heavy atom. The second kappa shape index (κ2) is 7.11. The van der Waals surface area contributed by atoms with Crippen molar-refractivity contribution in [3.05, 3.63) is 23.3 Å². The number of aliphatic imine (C=N–C) groups is 1. The number of ether oxygens (including phenoxy) is 2. The number of hydrogen-bond acceptors (Lipinski definition) is 4. The van der Waals surface area contributed by atoms with Crippen LogP contribution in [-0.2, 0) is 0 Å². The first-order valence-electron chi connectivity index (χ1n) is 7.54. The molecule has 1 heterocycles. The largest absolute Gasteiger partial charge is 0.490 e. The van der Waals surface area contributed by atoms with Crippen LogP contribution in [0.4, 0.5) is 0 Å². The third kappa shape index (κ3) is 3.54. The van der Waals surface area contributed by atoms with E-state index in [1.807, 2.05) is 12.1 Å². The van der Waals surface area contributed by atoms with E-state index < -0.39 is 0 Å². The topological polar surface area (TPSA) is 80.7 Å². The maximum Gasteiger partial charge on any atom is 0.161 e. The molecule has 5 heteroatoms. The molecule has 0 saturated carbocycles. The van der Waals surface area contributed by atoms with Gasteiger partial charge in [0.15, 0.2) is 17.3 Å². The summed E-state index contributed by atoms with van der Waals surface area (Å²) in [6.07, 6.45) is 4.13. The molecule has 0 bridgehead atoms. The molecule has 1 aliphatic heterocycles. The van der Waals surface area contributed by atoms with Crippen LogP contribution in [0.5, 0.6) is 11.5 Å². The van der Waals surface area contributed by atoms with E-state index in [4.69, 9.17) is 20.6 Å². The molecule has 3 N–H and O–H groups in total. The smallest absolute Gasteiger partial charge is 0.161 e. The van der Waals surface area contributed by atoms with Crippen molar-refractivity contribution >= 4 is 11.7 Å². The number of nitrogens with one attached hydrogen (secondary N) is 1. The van der Waals surface area contributed by atoms with Gasteiger partial charge in [-0.1, -0.05) is 26.7 Å². The summed E-state index contributed by atoms with van der Waals surface area (Å²) in [5.41, 5.74) is 7.31. The predicted octanol–water partition coefficient (Wildman–Crippen LogP) is 3.09. The summed E-state index contributed by atoms with van der Waals surface area (Å²) in [4.78, 5) is 4.00. The lowest BCUT2D eigenvalue weighted by Gasteiger charge is -2.14. The number of hydrogen-bond donors (Lipinski definition) is 2. The number of rotatable bonds is 8. The quantitative estimate of drug-likeness (QED) is 0.722. The van der Waals surface area contributed by atoms with Gasteiger partial charge < -0.3 is 15.2 Å². The molecule has 0 aromatic heterocycles. The molecule has 0 fully saturated rings. The molecule has 0 saturated heterocycles. The minimum atomic E-state index is 0.183. The van der Waals surface area contributed by atoms with Gasteiger partial charge in [0.05, 0.1) is 13.2 Å². The Hall–Kier alpha value is -2.04. The van der Waals surface area contributed by atoms with Gasteiger partial charge in [-0.2, -0.15) is 0 Å². The number of fused-ring (bicyclic) bond motifs is 1. The molecular formula is C16H23N3O2. The van der Waals surface area contributed by atoms with Gasteiger partial charge in [-0.25, -0.2) is 4.99 Å². The molecule has 114 valence electrons. The maximum absolute atomic E-state index is 7.85. The zero-order valence-electron chi connectivity index (χ0n) is 12.7. The van der Waals surface area contributed by atoms with E-state index in [-0.39, 0.29) is 5.84 Å². The zero-order chi connectivity index (χ0) is 15.2. The van der Waals surface area contributed by atoms with E-state index in [0.717, 1.165) is 31.2 Å². The number of nitrogens with two attached hydrogens (primary N) is 1. The molecule has 0 atom stereocenters. The molecule has 0 aliphatic carbocycles. The maximum atomic E-state index is 7.85. The fourth-order valence-electron chi connectivity index (χ4n) is 2.09. The highest BCUT2D eigenvalue weighted by molar-refractivity contribution is 6.21. The first-order valence-corrected chi connectivity index (χ1v) is 7.54. The second-order valence-electron chi connectivity index (χ2n) is 5.09. The van der Waals surface area contributed by atoms with Crippen molar-refractivity contribution in [1.29, 1.82) is 5.41 Å². The Balaban J connectivity index is 2.24. The van der Waals surface area contributed by atoms with Crippen LogP contribution in [0.3, 0.4) is 0 Å². The number of nitrogens with zero attached hydrogens (tertiary/aromatic N) is 1. The fraction of sp³-hybridized carbons (Fsp3) is 0.500. The summed E-state index contributed by atoms with van der Waals surface area (Å²) in [7, 11) is 0. The molecule has 1 aromatic rings. The van der Waals surface area contributed by atoms with Crippen LogP contribution in [0.1, 0.15) is 50.7 Å². The molecule has 0 radical (unpaired) electrons. The number of amidine groups is 2. The van der Waals surface area contributed by atoms with E-state index in [9.17, 15) is 0 Å². The normalized spacial score (nSPS) is 13.0. The van der Waals surface area contributed by atoms with Crippen LogP contribution < -0.4 is 15.2 Å². The van der Waals surface area contributed by atoms with Gasteiger partial charge in [-0.05, 0) is 25.0 Å². The van der Waals surface area contributed by atoms with E-state index in [0.29, 0.717) is 36.1 Å². The van der Waals surface area contributed by atoms with Crippen molar-refractivity contribution in [2.45, 2.75) is 39.5 Å². The van der Waals surface area contributed by atoms with Gasteiger partial charge >= 0.3 is 0 Å². The van der Waals surface area contributed by atoms with Gasteiger partial charge in [0.1, 0.15) is 5.84 Å². The number of benzene rings is 1. The van der Waals surface area contributed by atoms with Gasteiger partial charge in [-0.15, -0.1) is 0 Å². The lowest BCUT2D eigenvalue weighted by atomic mass is 10.1. The van der Waals surface area contributed by atoms with Gasteiger partial charge in [0, 0.05) is 11.1 Å². The van der Waals surface area contributed by atoms with Crippen LogP contribution in [0.2, 0.25) is 0 Å². The Morgan fingerprint density at radius 1 is 1.00 bits per heavy atom. The van der Waals surface area contributed by atoms with Crippen molar-refractivity contribution in [2.75, 3.05) is 13.2 Å². The van der Waals surface area contributed by atoms with Gasteiger partial charge in [0.2, 0.25) is 0 Å². The lowest BCUT2D eigenvalue weighted by molar-refractivity contribution is 0.262. The standard InChI is InChI=1S/C16H23N3O2/c1-3-5-7-20-13-9-11-12(16(18)19-15(11)17)10-14(13)21-8-6-4-2/h9-10H,3-8H2,1-2H3,(H3,17,18,19).